The van der Waals surface area contributed by atoms with Gasteiger partial charge in [-0.25, -0.2) is 0 Å². The van der Waals surface area contributed by atoms with Crippen molar-refractivity contribution in [2.45, 2.75) is 90.4 Å². The van der Waals surface area contributed by atoms with E-state index in [1.165, 1.54) is 38.5 Å². The van der Waals surface area contributed by atoms with Gasteiger partial charge in [-0.3, -0.25) is 14.4 Å². The van der Waals surface area contributed by atoms with Crippen LogP contribution >= 0.6 is 0 Å². The molecule has 0 fully saturated rings. The summed E-state index contributed by atoms with van der Waals surface area (Å²) in [6, 6.07) is 0. The predicted octanol–water partition coefficient (Wildman–Crippen LogP) is 4.70. The van der Waals surface area contributed by atoms with Crippen LogP contribution in [0.1, 0.15) is 90.4 Å². The van der Waals surface area contributed by atoms with Crippen LogP contribution in [0.2, 0.25) is 0 Å². The lowest BCUT2D eigenvalue weighted by atomic mass is 10.1. The molecule has 0 rings (SSSR count). The Morgan fingerprint density at radius 2 is 1.00 bits per heavy atom. The molecule has 0 aliphatic heterocycles. The van der Waals surface area contributed by atoms with Gasteiger partial charge in [0.25, 0.3) is 0 Å². The molecule has 0 radical (unpaired) electrons. The van der Waals surface area contributed by atoms with Crippen LogP contribution in [0.5, 0.6) is 0 Å². The number of hydrogen-bond acceptors (Lipinski definition) is 3. The van der Waals surface area contributed by atoms with Gasteiger partial charge in [-0.1, -0.05) is 51.2 Å². The van der Waals surface area contributed by atoms with Crippen LogP contribution in [-0.4, -0.2) is 63.9 Å². The van der Waals surface area contributed by atoms with Crippen molar-refractivity contribution in [2.75, 3.05) is 26.2 Å². The molecule has 0 heterocycles. The zero-order chi connectivity index (χ0) is 22.7. The Kier molecular flexibility index (Phi) is 16.8. The molecule has 0 atom stereocenters. The van der Waals surface area contributed by atoms with Gasteiger partial charge < -0.3 is 19.8 Å². The quantitative estimate of drug-likeness (QED) is 0.139. The molecular weight excluding hydrogens is 386 g/mol. The van der Waals surface area contributed by atoms with Crippen LogP contribution in [0, 0.1) is 0 Å². The van der Waals surface area contributed by atoms with Gasteiger partial charge >= 0.3 is 17.9 Å². The molecule has 3 N–H and O–H groups in total. The highest BCUT2D eigenvalue weighted by atomic mass is 16.4. The number of carboxylic acid groups (broad SMARTS) is 3. The number of carboxylic acids is 3. The first-order valence-corrected chi connectivity index (χ1v) is 11.5. The summed E-state index contributed by atoms with van der Waals surface area (Å²) in [5.41, 5.74) is 0. The lowest BCUT2D eigenvalue weighted by Gasteiger charge is -2.38. The summed E-state index contributed by atoms with van der Waals surface area (Å²) in [5, 5.41) is 27.2. The zero-order valence-corrected chi connectivity index (χ0v) is 18.7. The second kappa shape index (κ2) is 17.9. The maximum absolute atomic E-state index is 11.0. The number of nitrogens with zero attached hydrogens (tertiary/aromatic N) is 1. The molecule has 0 aliphatic carbocycles. The fraction of sp³-hybridized carbons (Fsp3) is 0.783. The first-order valence-electron chi connectivity index (χ1n) is 11.5. The minimum absolute atomic E-state index is 0.0859. The van der Waals surface area contributed by atoms with Gasteiger partial charge in [0.2, 0.25) is 0 Å². The van der Waals surface area contributed by atoms with Crippen molar-refractivity contribution in [3.63, 3.8) is 0 Å². The number of carbonyl (C=O) groups is 3. The van der Waals surface area contributed by atoms with E-state index in [1.54, 1.807) is 0 Å². The van der Waals surface area contributed by atoms with Crippen molar-refractivity contribution < 1.29 is 34.2 Å². The molecule has 0 unspecified atom stereocenters. The molecule has 0 aliphatic rings. The maximum Gasteiger partial charge on any atom is 0.309 e. The van der Waals surface area contributed by atoms with E-state index >= 15 is 0 Å². The van der Waals surface area contributed by atoms with Gasteiger partial charge in [-0.15, -0.1) is 0 Å². The van der Waals surface area contributed by atoms with E-state index in [9.17, 15) is 14.4 Å². The fourth-order valence-electron chi connectivity index (χ4n) is 3.66. The van der Waals surface area contributed by atoms with Gasteiger partial charge in [0.05, 0.1) is 45.4 Å². The lowest BCUT2D eigenvalue weighted by Crippen LogP contribution is -2.52. The lowest BCUT2D eigenvalue weighted by molar-refractivity contribution is -0.927. The molecule has 0 aromatic heterocycles. The fourth-order valence-corrected chi connectivity index (χ4v) is 3.66. The largest absolute Gasteiger partial charge is 0.481 e. The predicted molar refractivity (Wildman–Crippen MR) is 117 cm³/mol. The first kappa shape index (κ1) is 28.1. The molecule has 0 spiro atoms. The summed E-state index contributed by atoms with van der Waals surface area (Å²) in [7, 11) is 0. The molecular formula is C23H42NO6+. The minimum atomic E-state index is -0.944. The number of hydrogen-bond donors (Lipinski definition) is 3. The second-order valence-electron chi connectivity index (χ2n) is 8.19. The summed E-state index contributed by atoms with van der Waals surface area (Å²) < 4.78 is 0.242. The third kappa shape index (κ3) is 17.0. The Morgan fingerprint density at radius 1 is 0.600 bits per heavy atom. The Bertz CT molecular complexity index is 472. The maximum atomic E-state index is 11.0. The van der Waals surface area contributed by atoms with Crippen LogP contribution in [0.4, 0.5) is 0 Å². The Morgan fingerprint density at radius 3 is 1.43 bits per heavy atom. The SMILES string of the molecule is CCCCCCCC/C=C/CCCC[N+](CCC(=O)O)(CCC(=O)O)CCC(=O)O. The van der Waals surface area contributed by atoms with Crippen molar-refractivity contribution in [1.82, 2.24) is 0 Å². The molecule has 0 saturated heterocycles. The number of unbranched alkanes of at least 4 members (excludes halogenated alkanes) is 8. The van der Waals surface area contributed by atoms with Crippen LogP contribution in [-0.2, 0) is 14.4 Å². The third-order valence-corrected chi connectivity index (χ3v) is 5.54. The summed E-state index contributed by atoms with van der Waals surface area (Å²) in [4.78, 5) is 33.1. The second-order valence-corrected chi connectivity index (χ2v) is 8.19. The molecule has 7 heteroatoms. The molecule has 7 nitrogen and oxygen atoms in total. The van der Waals surface area contributed by atoms with Crippen LogP contribution in [0.3, 0.4) is 0 Å². The molecule has 0 aromatic rings. The minimum Gasteiger partial charge on any atom is -0.481 e. The van der Waals surface area contributed by atoms with E-state index in [2.05, 4.69) is 19.1 Å². The monoisotopic (exact) mass is 428 g/mol. The molecule has 0 amide bonds. The normalized spacial score (nSPS) is 11.8. The summed E-state index contributed by atoms with van der Waals surface area (Å²) in [5.74, 6) is -2.83. The molecule has 30 heavy (non-hydrogen) atoms. The van der Waals surface area contributed by atoms with Gasteiger partial charge in [0.15, 0.2) is 0 Å². The van der Waals surface area contributed by atoms with E-state index in [1.807, 2.05) is 0 Å². The summed E-state index contributed by atoms with van der Waals surface area (Å²) >= 11 is 0. The Hall–Kier alpha value is -1.89. The summed E-state index contributed by atoms with van der Waals surface area (Å²) in [6.07, 6.45) is 15.7. The van der Waals surface area contributed by atoms with Gasteiger partial charge in [-0.05, 0) is 32.1 Å². The highest BCUT2D eigenvalue weighted by molar-refractivity contribution is 5.67. The molecule has 0 bridgehead atoms. The van der Waals surface area contributed by atoms with E-state index < -0.39 is 17.9 Å². The Balaban J connectivity index is 4.42. The average molecular weight is 429 g/mol. The van der Waals surface area contributed by atoms with Crippen molar-refractivity contribution in [2.24, 2.45) is 0 Å². The Labute approximate surface area is 181 Å². The molecule has 174 valence electrons. The molecule has 0 saturated carbocycles. The smallest absolute Gasteiger partial charge is 0.309 e. The highest BCUT2D eigenvalue weighted by Crippen LogP contribution is 2.16. The van der Waals surface area contributed by atoms with E-state index in [-0.39, 0.29) is 43.4 Å². The average Bonchev–Trinajstić information content (AvgIpc) is 2.69. The van der Waals surface area contributed by atoms with Crippen LogP contribution < -0.4 is 0 Å². The molecule has 0 aromatic carbocycles. The van der Waals surface area contributed by atoms with Gasteiger partial charge in [0.1, 0.15) is 0 Å². The van der Waals surface area contributed by atoms with Crippen LogP contribution in [0.15, 0.2) is 12.2 Å². The van der Waals surface area contributed by atoms with Crippen molar-refractivity contribution in [3.8, 4) is 0 Å². The van der Waals surface area contributed by atoms with Crippen molar-refractivity contribution in [3.05, 3.63) is 12.2 Å². The van der Waals surface area contributed by atoms with Crippen molar-refractivity contribution >= 4 is 17.9 Å². The van der Waals surface area contributed by atoms with Gasteiger partial charge in [-0.2, -0.15) is 0 Å². The third-order valence-electron chi connectivity index (χ3n) is 5.54. The van der Waals surface area contributed by atoms with E-state index in [4.69, 9.17) is 15.3 Å². The van der Waals surface area contributed by atoms with E-state index in [0.29, 0.717) is 6.54 Å². The number of aliphatic carboxylic acids is 3. The standard InChI is InChI=1S/C23H41NO6/c1-2-3-4-5-6-7-8-9-10-11-12-13-17-24(18-14-21(25)26,19-15-22(27)28)20-16-23(29)30/h9-10H,2-8,11-20H2,1H3,(H2-,25,26,27,28,29,30)/p+1/b10-9+. The van der Waals surface area contributed by atoms with Crippen molar-refractivity contribution in [1.29, 1.82) is 0 Å². The van der Waals surface area contributed by atoms with Gasteiger partial charge in [0, 0.05) is 0 Å². The van der Waals surface area contributed by atoms with Crippen LogP contribution in [0.25, 0.3) is 0 Å². The topological polar surface area (TPSA) is 112 Å². The first-order chi connectivity index (χ1) is 14.3. The van der Waals surface area contributed by atoms with E-state index in [0.717, 1.165) is 25.7 Å². The highest BCUT2D eigenvalue weighted by Gasteiger charge is 2.29. The zero-order valence-electron chi connectivity index (χ0n) is 18.7. The summed E-state index contributed by atoms with van der Waals surface area (Å²) in [6.45, 7) is 3.63. The number of allylic oxidation sites excluding steroid dienone is 2. The number of rotatable bonds is 21. The number of quaternary nitrogens is 1.